The molecule has 3 aliphatic carbocycles. The molecule has 5 nitrogen and oxygen atoms in total. The number of allylic oxidation sites excluding steroid dienone is 1. The average molecular weight is 341 g/mol. The summed E-state index contributed by atoms with van der Waals surface area (Å²) < 4.78 is 0. The summed E-state index contributed by atoms with van der Waals surface area (Å²) in [5, 5.41) is 10.8. The SMILES string of the molecule is CC1(C)[C@@H]2CC=C(CN3CCN(c4ccc([N+](=O)[O-])cc4)CC3)[C@@H]1C2. The van der Waals surface area contributed by atoms with Crippen LogP contribution in [0, 0.1) is 27.4 Å². The van der Waals surface area contributed by atoms with Gasteiger partial charge in [0.1, 0.15) is 0 Å². The van der Waals surface area contributed by atoms with Crippen molar-refractivity contribution in [3.8, 4) is 0 Å². The first-order valence-corrected chi connectivity index (χ1v) is 9.36. The largest absolute Gasteiger partial charge is 0.369 e. The molecule has 5 rings (SSSR count). The van der Waals surface area contributed by atoms with Crippen LogP contribution in [0.4, 0.5) is 11.4 Å². The van der Waals surface area contributed by atoms with Crippen LogP contribution >= 0.6 is 0 Å². The molecule has 0 amide bonds. The van der Waals surface area contributed by atoms with Gasteiger partial charge in [-0.05, 0) is 42.2 Å². The Morgan fingerprint density at radius 2 is 1.84 bits per heavy atom. The second-order valence-electron chi connectivity index (χ2n) is 8.36. The van der Waals surface area contributed by atoms with Crippen molar-refractivity contribution in [2.75, 3.05) is 37.6 Å². The predicted octanol–water partition coefficient (Wildman–Crippen LogP) is 3.71. The molecule has 0 spiro atoms. The van der Waals surface area contributed by atoms with Crippen molar-refractivity contribution < 1.29 is 4.92 Å². The van der Waals surface area contributed by atoms with Gasteiger partial charge in [0.05, 0.1) is 4.92 Å². The monoisotopic (exact) mass is 341 g/mol. The van der Waals surface area contributed by atoms with Crippen LogP contribution in [0.25, 0.3) is 0 Å². The van der Waals surface area contributed by atoms with Crippen LogP contribution in [0.1, 0.15) is 26.7 Å². The lowest BCUT2D eigenvalue weighted by atomic mass is 9.49. The number of non-ortho nitro benzene ring substituents is 1. The number of piperazine rings is 1. The zero-order valence-corrected chi connectivity index (χ0v) is 15.1. The summed E-state index contributed by atoms with van der Waals surface area (Å²) in [6.07, 6.45) is 5.16. The number of nitro benzene ring substituents is 1. The highest BCUT2D eigenvalue weighted by molar-refractivity contribution is 5.51. The third-order valence-corrected chi connectivity index (χ3v) is 6.79. The molecule has 1 aromatic carbocycles. The van der Waals surface area contributed by atoms with Crippen LogP contribution in [0.2, 0.25) is 0 Å². The number of rotatable bonds is 4. The molecule has 5 heteroatoms. The van der Waals surface area contributed by atoms with Crippen LogP contribution in [0.15, 0.2) is 35.9 Å². The van der Waals surface area contributed by atoms with E-state index in [1.165, 1.54) is 12.8 Å². The van der Waals surface area contributed by atoms with Gasteiger partial charge in [-0.2, -0.15) is 0 Å². The number of hydrogen-bond acceptors (Lipinski definition) is 4. The molecular formula is C20H27N3O2. The lowest BCUT2D eigenvalue weighted by molar-refractivity contribution is -0.384. The molecule has 2 bridgehead atoms. The van der Waals surface area contributed by atoms with Gasteiger partial charge < -0.3 is 4.90 Å². The van der Waals surface area contributed by atoms with E-state index in [-0.39, 0.29) is 10.6 Å². The Bertz CT molecular complexity index is 687. The molecular weight excluding hydrogens is 314 g/mol. The van der Waals surface area contributed by atoms with Gasteiger partial charge in [-0.1, -0.05) is 25.5 Å². The molecule has 2 fully saturated rings. The van der Waals surface area contributed by atoms with E-state index in [0.717, 1.165) is 50.2 Å². The number of anilines is 1. The van der Waals surface area contributed by atoms with Crippen molar-refractivity contribution >= 4 is 11.4 Å². The van der Waals surface area contributed by atoms with Crippen LogP contribution in [-0.4, -0.2) is 42.5 Å². The van der Waals surface area contributed by atoms with Crippen LogP contribution in [0.5, 0.6) is 0 Å². The smallest absolute Gasteiger partial charge is 0.269 e. The van der Waals surface area contributed by atoms with E-state index in [1.54, 1.807) is 17.7 Å². The van der Waals surface area contributed by atoms with Crippen molar-refractivity contribution in [3.63, 3.8) is 0 Å². The fourth-order valence-corrected chi connectivity index (χ4v) is 4.86. The molecule has 1 aromatic rings. The Labute approximate surface area is 149 Å². The van der Waals surface area contributed by atoms with E-state index in [1.807, 2.05) is 12.1 Å². The highest BCUT2D eigenvalue weighted by Crippen LogP contribution is 2.59. The zero-order chi connectivity index (χ0) is 17.6. The maximum atomic E-state index is 10.8. The van der Waals surface area contributed by atoms with Gasteiger partial charge in [-0.15, -0.1) is 0 Å². The highest BCUT2D eigenvalue weighted by atomic mass is 16.6. The standard InChI is InChI=1S/C20H27N3O2/c1-20(2)16-4-3-15(19(20)13-16)14-21-9-11-22(12-10-21)17-5-7-18(8-6-17)23(24)25/h3,5-8,16,19H,4,9-14H2,1-2H3/t16-,19+/m1/s1. The number of nitrogens with zero attached hydrogens (tertiary/aromatic N) is 3. The minimum absolute atomic E-state index is 0.160. The van der Waals surface area contributed by atoms with Crippen molar-refractivity contribution in [1.29, 1.82) is 0 Å². The molecule has 0 radical (unpaired) electrons. The predicted molar refractivity (Wildman–Crippen MR) is 99.8 cm³/mol. The number of fused-ring (bicyclic) bond motifs is 1. The molecule has 4 aliphatic rings. The molecule has 0 aromatic heterocycles. The molecule has 2 atom stereocenters. The van der Waals surface area contributed by atoms with Crippen molar-refractivity contribution in [2.24, 2.45) is 17.3 Å². The van der Waals surface area contributed by atoms with Crippen molar-refractivity contribution in [1.82, 2.24) is 4.90 Å². The second kappa shape index (κ2) is 6.13. The highest BCUT2D eigenvalue weighted by Gasteiger charge is 2.51. The van der Waals surface area contributed by atoms with Gasteiger partial charge in [-0.3, -0.25) is 15.0 Å². The van der Waals surface area contributed by atoms with E-state index in [4.69, 9.17) is 0 Å². The van der Waals surface area contributed by atoms with Gasteiger partial charge >= 0.3 is 0 Å². The minimum Gasteiger partial charge on any atom is -0.369 e. The van der Waals surface area contributed by atoms with Crippen molar-refractivity contribution in [3.05, 3.63) is 46.0 Å². The molecule has 1 saturated heterocycles. The zero-order valence-electron chi connectivity index (χ0n) is 15.1. The molecule has 1 saturated carbocycles. The number of hydrogen-bond donors (Lipinski definition) is 0. The average Bonchev–Trinajstić information content (AvgIpc) is 2.62. The Morgan fingerprint density at radius 1 is 1.16 bits per heavy atom. The van der Waals surface area contributed by atoms with E-state index >= 15 is 0 Å². The summed E-state index contributed by atoms with van der Waals surface area (Å²) in [7, 11) is 0. The molecule has 0 N–H and O–H groups in total. The Kier molecular flexibility index (Phi) is 4.07. The summed E-state index contributed by atoms with van der Waals surface area (Å²) in [5.41, 5.74) is 3.42. The van der Waals surface area contributed by atoms with Crippen LogP contribution < -0.4 is 4.90 Å². The third-order valence-electron chi connectivity index (χ3n) is 6.79. The molecule has 0 unspecified atom stereocenters. The second-order valence-corrected chi connectivity index (χ2v) is 8.36. The maximum Gasteiger partial charge on any atom is 0.269 e. The first kappa shape index (κ1) is 16.6. The molecule has 1 aliphatic heterocycles. The lowest BCUT2D eigenvalue weighted by Crippen LogP contribution is -2.52. The van der Waals surface area contributed by atoms with E-state index in [2.05, 4.69) is 29.7 Å². The fourth-order valence-electron chi connectivity index (χ4n) is 4.86. The van der Waals surface area contributed by atoms with Gasteiger partial charge in [0.25, 0.3) is 5.69 Å². The number of nitro groups is 1. The van der Waals surface area contributed by atoms with Crippen LogP contribution in [0.3, 0.4) is 0 Å². The molecule has 134 valence electrons. The minimum atomic E-state index is -0.341. The Balaban J connectivity index is 1.33. The summed E-state index contributed by atoms with van der Waals surface area (Å²) in [6, 6.07) is 6.94. The van der Waals surface area contributed by atoms with Gasteiger partial charge in [0.2, 0.25) is 0 Å². The Hall–Kier alpha value is -1.88. The summed E-state index contributed by atoms with van der Waals surface area (Å²) >= 11 is 0. The fraction of sp³-hybridized carbons (Fsp3) is 0.600. The van der Waals surface area contributed by atoms with E-state index < -0.39 is 0 Å². The topological polar surface area (TPSA) is 49.6 Å². The van der Waals surface area contributed by atoms with E-state index in [9.17, 15) is 10.1 Å². The van der Waals surface area contributed by atoms with Gasteiger partial charge in [0.15, 0.2) is 0 Å². The lowest BCUT2D eigenvalue weighted by Gasteiger charge is -2.57. The maximum absolute atomic E-state index is 10.8. The summed E-state index contributed by atoms with van der Waals surface area (Å²) in [4.78, 5) is 15.3. The van der Waals surface area contributed by atoms with E-state index in [0.29, 0.717) is 5.41 Å². The summed E-state index contributed by atoms with van der Waals surface area (Å²) in [5.74, 6) is 1.69. The van der Waals surface area contributed by atoms with Gasteiger partial charge in [0, 0.05) is 50.5 Å². The number of benzene rings is 1. The molecule has 1 heterocycles. The molecule has 25 heavy (non-hydrogen) atoms. The van der Waals surface area contributed by atoms with Crippen molar-refractivity contribution in [2.45, 2.75) is 26.7 Å². The first-order valence-electron chi connectivity index (χ1n) is 9.36. The van der Waals surface area contributed by atoms with Gasteiger partial charge in [-0.25, -0.2) is 0 Å². The first-order chi connectivity index (χ1) is 11.9. The normalized spacial score (nSPS) is 28.2. The van der Waals surface area contributed by atoms with Crippen LogP contribution in [-0.2, 0) is 0 Å². The third kappa shape index (κ3) is 2.95. The summed E-state index contributed by atoms with van der Waals surface area (Å²) in [6.45, 7) is 10.1. The quantitative estimate of drug-likeness (QED) is 0.476. The Morgan fingerprint density at radius 3 is 2.40 bits per heavy atom.